The first kappa shape index (κ1) is 20.2. The molecule has 0 aliphatic carbocycles. The Bertz CT molecular complexity index is 130. The number of hydrogen-bond acceptors (Lipinski definition) is 1. The molecule has 0 N–H and O–H groups in total. The summed E-state index contributed by atoms with van der Waals surface area (Å²) in [6, 6.07) is 0. The molecule has 1 unspecified atom stereocenters. The third-order valence-corrected chi connectivity index (χ3v) is 2.24. The lowest BCUT2D eigenvalue weighted by Crippen LogP contribution is -1.97. The zero-order valence-corrected chi connectivity index (χ0v) is 11.1. The highest BCUT2D eigenvalue weighted by Crippen LogP contribution is 2.33. The number of allylic oxidation sites excluding steroid dienone is 2. The summed E-state index contributed by atoms with van der Waals surface area (Å²) in [5, 5.41) is 0. The van der Waals surface area contributed by atoms with Gasteiger partial charge >= 0.3 is 0 Å². The number of rotatable bonds is 1. The molecule has 1 atom stereocenters. The Balaban J connectivity index is -0.000000145. The molecule has 0 aromatic heterocycles. The summed E-state index contributed by atoms with van der Waals surface area (Å²) < 4.78 is 5.10. The van der Waals surface area contributed by atoms with E-state index < -0.39 is 0 Å². The summed E-state index contributed by atoms with van der Waals surface area (Å²) in [5.74, 6) is 0. The van der Waals surface area contributed by atoms with Crippen LogP contribution in [0.25, 0.3) is 0 Å². The van der Waals surface area contributed by atoms with Gasteiger partial charge in [0.2, 0.25) is 0 Å². The van der Waals surface area contributed by atoms with Crippen molar-refractivity contribution >= 4 is 0 Å². The normalized spacial score (nSPS) is 20.3. The monoisotopic (exact) mass is 216 g/mol. The van der Waals surface area contributed by atoms with Gasteiger partial charge in [0.25, 0.3) is 0 Å². The molecule has 0 aromatic carbocycles. The standard InChI is InChI=1S/C5H10O.C4H10.C4H8.CH4/c1-4-5(2,3)6-4;2*1-3-4-2;/h4H,1-3H3;3-4H2,1-2H3;3-4H,1-2H3;1H4/b;;4-3-;. The molecule has 1 heterocycles. The van der Waals surface area contributed by atoms with Gasteiger partial charge in [-0.15, -0.1) is 0 Å². The van der Waals surface area contributed by atoms with Crippen LogP contribution in [0.15, 0.2) is 12.2 Å². The van der Waals surface area contributed by atoms with Crippen molar-refractivity contribution in [3.8, 4) is 0 Å². The Kier molecular flexibility index (Phi) is 15.8. The van der Waals surface area contributed by atoms with Crippen molar-refractivity contribution in [1.82, 2.24) is 0 Å². The fraction of sp³-hybridized carbons (Fsp3) is 0.857. The molecule has 0 spiro atoms. The molecule has 1 fully saturated rings. The van der Waals surface area contributed by atoms with E-state index >= 15 is 0 Å². The van der Waals surface area contributed by atoms with E-state index in [1.807, 2.05) is 26.0 Å². The Labute approximate surface area is 97.9 Å². The summed E-state index contributed by atoms with van der Waals surface area (Å²) in [5.41, 5.74) is 0.208. The van der Waals surface area contributed by atoms with Gasteiger partial charge in [0.15, 0.2) is 0 Å². The SMILES string of the molecule is C.C/C=C\C.CC1OC1(C)C.CCCC. The first-order valence-electron chi connectivity index (χ1n) is 5.71. The van der Waals surface area contributed by atoms with E-state index in [-0.39, 0.29) is 13.0 Å². The maximum absolute atomic E-state index is 5.10. The molecule has 0 amide bonds. The molecule has 0 bridgehead atoms. The number of hydrogen-bond donors (Lipinski definition) is 0. The minimum Gasteiger partial charge on any atom is -0.367 e. The van der Waals surface area contributed by atoms with E-state index in [9.17, 15) is 0 Å². The van der Waals surface area contributed by atoms with E-state index in [0.717, 1.165) is 0 Å². The van der Waals surface area contributed by atoms with Gasteiger partial charge in [-0.25, -0.2) is 0 Å². The Morgan fingerprint density at radius 2 is 1.27 bits per heavy atom. The maximum atomic E-state index is 5.10. The topological polar surface area (TPSA) is 12.5 Å². The second-order valence-electron chi connectivity index (χ2n) is 4.03. The van der Waals surface area contributed by atoms with Crippen molar-refractivity contribution < 1.29 is 4.74 Å². The summed E-state index contributed by atoms with van der Waals surface area (Å²) >= 11 is 0. The molecule has 94 valence electrons. The molecule has 1 aliphatic rings. The van der Waals surface area contributed by atoms with Crippen molar-refractivity contribution in [3.63, 3.8) is 0 Å². The van der Waals surface area contributed by atoms with Gasteiger partial charge in [-0.1, -0.05) is 46.3 Å². The predicted octanol–water partition coefficient (Wildman–Crippen LogP) is 5.21. The van der Waals surface area contributed by atoms with Crippen LogP contribution >= 0.6 is 0 Å². The Hall–Kier alpha value is -0.300. The number of unbranched alkanes of at least 4 members (excludes halogenated alkanes) is 1. The largest absolute Gasteiger partial charge is 0.367 e. The highest BCUT2D eigenvalue weighted by molar-refractivity contribution is 4.90. The second-order valence-corrected chi connectivity index (χ2v) is 4.03. The van der Waals surface area contributed by atoms with Gasteiger partial charge in [-0.2, -0.15) is 0 Å². The summed E-state index contributed by atoms with van der Waals surface area (Å²) in [6.07, 6.45) is 7.14. The fourth-order valence-corrected chi connectivity index (χ4v) is 0.422. The van der Waals surface area contributed by atoms with Crippen molar-refractivity contribution in [3.05, 3.63) is 12.2 Å². The molecular formula is C14H32O. The quantitative estimate of drug-likeness (QED) is 0.433. The van der Waals surface area contributed by atoms with Crippen molar-refractivity contribution in [2.24, 2.45) is 0 Å². The minimum absolute atomic E-state index is 0. The van der Waals surface area contributed by atoms with E-state index in [0.29, 0.717) is 6.10 Å². The van der Waals surface area contributed by atoms with Crippen LogP contribution < -0.4 is 0 Å². The van der Waals surface area contributed by atoms with Crippen LogP contribution in [0.3, 0.4) is 0 Å². The molecule has 1 nitrogen and oxygen atoms in total. The van der Waals surface area contributed by atoms with Crippen LogP contribution in [-0.2, 0) is 4.74 Å². The van der Waals surface area contributed by atoms with Crippen LogP contribution in [0, 0.1) is 0 Å². The lowest BCUT2D eigenvalue weighted by molar-refractivity contribution is 0.328. The van der Waals surface area contributed by atoms with Crippen LogP contribution in [0.1, 0.15) is 68.7 Å². The number of epoxide rings is 1. The highest BCUT2D eigenvalue weighted by atomic mass is 16.6. The van der Waals surface area contributed by atoms with Gasteiger partial charge in [0.1, 0.15) is 0 Å². The van der Waals surface area contributed by atoms with Crippen LogP contribution in [-0.4, -0.2) is 11.7 Å². The Morgan fingerprint density at radius 1 is 1.07 bits per heavy atom. The maximum Gasteiger partial charge on any atom is 0.0889 e. The average Bonchev–Trinajstić information content (AvgIpc) is 2.72. The predicted molar refractivity (Wildman–Crippen MR) is 72.4 cm³/mol. The molecule has 1 heteroatoms. The smallest absolute Gasteiger partial charge is 0.0889 e. The lowest BCUT2D eigenvalue weighted by Gasteiger charge is -1.84. The summed E-state index contributed by atoms with van der Waals surface area (Å²) in [6.45, 7) is 14.6. The van der Waals surface area contributed by atoms with Crippen LogP contribution in [0.2, 0.25) is 0 Å². The van der Waals surface area contributed by atoms with Crippen molar-refractivity contribution in [2.75, 3.05) is 0 Å². The highest BCUT2D eigenvalue weighted by Gasteiger charge is 2.43. The zero-order valence-electron chi connectivity index (χ0n) is 11.1. The molecule has 1 aliphatic heterocycles. The van der Waals surface area contributed by atoms with E-state index in [4.69, 9.17) is 4.74 Å². The summed E-state index contributed by atoms with van der Waals surface area (Å²) in [4.78, 5) is 0. The molecule has 1 saturated heterocycles. The molecule has 1 rings (SSSR count). The van der Waals surface area contributed by atoms with Gasteiger partial charge in [-0.05, 0) is 34.6 Å². The zero-order chi connectivity index (χ0) is 11.6. The van der Waals surface area contributed by atoms with E-state index in [1.165, 1.54) is 12.8 Å². The van der Waals surface area contributed by atoms with Crippen molar-refractivity contribution in [1.29, 1.82) is 0 Å². The van der Waals surface area contributed by atoms with E-state index in [2.05, 4.69) is 34.6 Å². The average molecular weight is 216 g/mol. The fourth-order valence-electron chi connectivity index (χ4n) is 0.422. The molecule has 15 heavy (non-hydrogen) atoms. The third-order valence-electron chi connectivity index (χ3n) is 2.24. The van der Waals surface area contributed by atoms with Crippen LogP contribution in [0.4, 0.5) is 0 Å². The van der Waals surface area contributed by atoms with Gasteiger partial charge in [0.05, 0.1) is 11.7 Å². The van der Waals surface area contributed by atoms with E-state index in [1.54, 1.807) is 0 Å². The lowest BCUT2D eigenvalue weighted by atomic mass is 10.2. The molecule has 0 saturated carbocycles. The molecular weight excluding hydrogens is 184 g/mol. The Morgan fingerprint density at radius 3 is 1.27 bits per heavy atom. The van der Waals surface area contributed by atoms with Crippen LogP contribution in [0.5, 0.6) is 0 Å². The number of ether oxygens (including phenoxy) is 1. The minimum atomic E-state index is 0. The third kappa shape index (κ3) is 16.4. The van der Waals surface area contributed by atoms with Gasteiger partial charge < -0.3 is 4.74 Å². The molecule has 0 aromatic rings. The van der Waals surface area contributed by atoms with Gasteiger partial charge in [0, 0.05) is 0 Å². The molecule has 0 radical (unpaired) electrons. The van der Waals surface area contributed by atoms with Gasteiger partial charge in [-0.3, -0.25) is 0 Å². The first-order chi connectivity index (χ1) is 6.46. The second kappa shape index (κ2) is 11.8. The van der Waals surface area contributed by atoms with Crippen molar-refractivity contribution in [2.45, 2.75) is 80.4 Å². The summed E-state index contributed by atoms with van der Waals surface area (Å²) in [7, 11) is 0. The first-order valence-corrected chi connectivity index (χ1v) is 5.71.